The number of piperidine rings is 2. The molecule has 2 aliphatic rings. The molecule has 2 fully saturated rings. The Morgan fingerprint density at radius 2 is 2.04 bits per heavy atom. The first-order valence-electron chi connectivity index (χ1n) is 10.5. The summed E-state index contributed by atoms with van der Waals surface area (Å²) >= 11 is 0. The molecule has 0 unspecified atom stereocenters. The van der Waals surface area contributed by atoms with Crippen molar-refractivity contribution in [2.45, 2.75) is 45.6 Å². The van der Waals surface area contributed by atoms with Crippen LogP contribution in [0.4, 0.5) is 0 Å². The number of rotatable bonds is 6. The zero-order valence-corrected chi connectivity index (χ0v) is 17.3. The smallest absolute Gasteiger partial charge is 0.228 e. The lowest BCUT2D eigenvalue weighted by Gasteiger charge is -2.44. The molecule has 0 saturated carbocycles. The number of likely N-dealkylation sites (tertiary alicyclic amines) is 2. The van der Waals surface area contributed by atoms with E-state index in [9.17, 15) is 9.59 Å². The number of amides is 2. The Kier molecular flexibility index (Phi) is 7.05. The van der Waals surface area contributed by atoms with Gasteiger partial charge in [-0.2, -0.15) is 0 Å². The number of carbonyl (C=O) groups excluding carboxylic acids is 2. The lowest BCUT2D eigenvalue weighted by atomic mass is 9.82. The van der Waals surface area contributed by atoms with E-state index in [0.717, 1.165) is 38.1 Å². The highest BCUT2D eigenvalue weighted by atomic mass is 16.5. The third kappa shape index (κ3) is 4.72. The molecule has 0 spiro atoms. The standard InChI is InChI=1S/C22H33N3O3/c1-16(2)14-25-20(26)7-6-19(21(25)18-5-4-10-23-13-18)22(27)24-11-8-17(9-12-24)15-28-3/h4-5,10,13,16-17,19,21H,6-9,11-12,14-15H2,1-3H3/t19-,21+/m1/s1. The van der Waals surface area contributed by atoms with Crippen molar-refractivity contribution in [1.82, 2.24) is 14.8 Å². The molecule has 6 nitrogen and oxygen atoms in total. The van der Waals surface area contributed by atoms with Crippen LogP contribution in [0.15, 0.2) is 24.5 Å². The fourth-order valence-electron chi connectivity index (χ4n) is 4.57. The summed E-state index contributed by atoms with van der Waals surface area (Å²) in [5, 5.41) is 0. The monoisotopic (exact) mass is 387 g/mol. The predicted octanol–water partition coefficient (Wildman–Crippen LogP) is 2.90. The first kappa shape index (κ1) is 20.8. The van der Waals surface area contributed by atoms with Gasteiger partial charge in [0, 0.05) is 52.2 Å². The van der Waals surface area contributed by atoms with Crippen LogP contribution in [0.2, 0.25) is 0 Å². The fourth-order valence-corrected chi connectivity index (χ4v) is 4.57. The Hall–Kier alpha value is -1.95. The molecule has 28 heavy (non-hydrogen) atoms. The van der Waals surface area contributed by atoms with E-state index in [2.05, 4.69) is 18.8 Å². The minimum absolute atomic E-state index is 0.144. The fraction of sp³-hybridized carbons (Fsp3) is 0.682. The molecule has 154 valence electrons. The van der Waals surface area contributed by atoms with Crippen molar-refractivity contribution in [3.63, 3.8) is 0 Å². The van der Waals surface area contributed by atoms with Crippen LogP contribution in [-0.4, -0.2) is 59.9 Å². The molecule has 3 rings (SSSR count). The van der Waals surface area contributed by atoms with Crippen molar-refractivity contribution in [1.29, 1.82) is 0 Å². The number of ether oxygens (including phenoxy) is 1. The molecule has 0 aliphatic carbocycles. The quantitative estimate of drug-likeness (QED) is 0.753. The van der Waals surface area contributed by atoms with Gasteiger partial charge in [-0.1, -0.05) is 19.9 Å². The number of methoxy groups -OCH3 is 1. The average molecular weight is 388 g/mol. The summed E-state index contributed by atoms with van der Waals surface area (Å²) in [6, 6.07) is 3.66. The van der Waals surface area contributed by atoms with Gasteiger partial charge in [-0.3, -0.25) is 14.6 Å². The summed E-state index contributed by atoms with van der Waals surface area (Å²) in [6.45, 7) is 7.21. The molecule has 6 heteroatoms. The maximum atomic E-state index is 13.5. The average Bonchev–Trinajstić information content (AvgIpc) is 2.70. The van der Waals surface area contributed by atoms with Gasteiger partial charge in [0.1, 0.15) is 0 Å². The van der Waals surface area contributed by atoms with Gasteiger partial charge >= 0.3 is 0 Å². The van der Waals surface area contributed by atoms with Crippen molar-refractivity contribution in [2.24, 2.45) is 17.8 Å². The highest BCUT2D eigenvalue weighted by molar-refractivity contribution is 5.85. The molecule has 2 atom stereocenters. The van der Waals surface area contributed by atoms with E-state index < -0.39 is 0 Å². The number of nitrogens with zero attached hydrogens (tertiary/aromatic N) is 3. The van der Waals surface area contributed by atoms with Gasteiger partial charge in [0.2, 0.25) is 11.8 Å². The van der Waals surface area contributed by atoms with Crippen LogP contribution in [-0.2, 0) is 14.3 Å². The molecule has 2 aliphatic heterocycles. The molecule has 0 N–H and O–H groups in total. The highest BCUT2D eigenvalue weighted by Gasteiger charge is 2.42. The minimum atomic E-state index is -0.221. The third-order valence-electron chi connectivity index (χ3n) is 5.94. The Balaban J connectivity index is 1.81. The van der Waals surface area contributed by atoms with Crippen molar-refractivity contribution in [3.8, 4) is 0 Å². The van der Waals surface area contributed by atoms with Crippen LogP contribution >= 0.6 is 0 Å². The van der Waals surface area contributed by atoms with Gasteiger partial charge in [0.25, 0.3) is 0 Å². The zero-order chi connectivity index (χ0) is 20.1. The number of carbonyl (C=O) groups is 2. The topological polar surface area (TPSA) is 62.7 Å². The van der Waals surface area contributed by atoms with Gasteiger partial charge in [-0.25, -0.2) is 0 Å². The van der Waals surface area contributed by atoms with Crippen LogP contribution < -0.4 is 0 Å². The molecule has 1 aromatic heterocycles. The molecule has 1 aromatic rings. The largest absolute Gasteiger partial charge is 0.384 e. The van der Waals surface area contributed by atoms with Gasteiger partial charge in [0.05, 0.1) is 12.0 Å². The van der Waals surface area contributed by atoms with Crippen LogP contribution in [0.5, 0.6) is 0 Å². The minimum Gasteiger partial charge on any atom is -0.384 e. The zero-order valence-electron chi connectivity index (χ0n) is 17.3. The van der Waals surface area contributed by atoms with Crippen LogP contribution in [0.25, 0.3) is 0 Å². The van der Waals surface area contributed by atoms with Crippen molar-refractivity contribution >= 4 is 11.8 Å². The van der Waals surface area contributed by atoms with E-state index in [1.54, 1.807) is 13.3 Å². The lowest BCUT2D eigenvalue weighted by Crippen LogP contribution is -2.51. The number of hydrogen-bond donors (Lipinski definition) is 0. The van der Waals surface area contributed by atoms with Crippen LogP contribution in [0.1, 0.15) is 51.1 Å². The van der Waals surface area contributed by atoms with E-state index in [1.807, 2.05) is 28.1 Å². The van der Waals surface area contributed by atoms with Crippen molar-refractivity contribution in [2.75, 3.05) is 33.4 Å². The van der Waals surface area contributed by atoms with Crippen molar-refractivity contribution in [3.05, 3.63) is 30.1 Å². The van der Waals surface area contributed by atoms with Gasteiger partial charge in [-0.15, -0.1) is 0 Å². The summed E-state index contributed by atoms with van der Waals surface area (Å²) in [5.41, 5.74) is 0.962. The summed E-state index contributed by atoms with van der Waals surface area (Å²) in [5.74, 6) is 1.02. The Morgan fingerprint density at radius 3 is 2.64 bits per heavy atom. The summed E-state index contributed by atoms with van der Waals surface area (Å²) in [4.78, 5) is 34.4. The first-order chi connectivity index (χ1) is 13.5. The lowest BCUT2D eigenvalue weighted by molar-refractivity contribution is -0.149. The van der Waals surface area contributed by atoms with Crippen molar-refractivity contribution < 1.29 is 14.3 Å². The number of hydrogen-bond acceptors (Lipinski definition) is 4. The molecule has 3 heterocycles. The molecule has 0 radical (unpaired) electrons. The van der Waals surface area contributed by atoms with E-state index in [-0.39, 0.29) is 23.8 Å². The van der Waals surface area contributed by atoms with E-state index >= 15 is 0 Å². The second-order valence-electron chi connectivity index (χ2n) is 8.54. The normalized spacial score (nSPS) is 24.1. The predicted molar refractivity (Wildman–Crippen MR) is 107 cm³/mol. The molecule has 0 aromatic carbocycles. The second kappa shape index (κ2) is 9.50. The highest BCUT2D eigenvalue weighted by Crippen LogP contribution is 2.38. The van der Waals surface area contributed by atoms with Crippen LogP contribution in [0, 0.1) is 17.8 Å². The van der Waals surface area contributed by atoms with Crippen LogP contribution in [0.3, 0.4) is 0 Å². The maximum absolute atomic E-state index is 13.5. The van der Waals surface area contributed by atoms with E-state index in [0.29, 0.717) is 31.2 Å². The number of pyridine rings is 1. The van der Waals surface area contributed by atoms with Gasteiger partial charge < -0.3 is 14.5 Å². The van der Waals surface area contributed by atoms with Gasteiger partial charge in [-0.05, 0) is 42.7 Å². The Morgan fingerprint density at radius 1 is 1.29 bits per heavy atom. The number of aromatic nitrogens is 1. The first-order valence-corrected chi connectivity index (χ1v) is 10.5. The molecular formula is C22H33N3O3. The van der Waals surface area contributed by atoms with Gasteiger partial charge in [0.15, 0.2) is 0 Å². The summed E-state index contributed by atoms with van der Waals surface area (Å²) < 4.78 is 5.28. The molecule has 0 bridgehead atoms. The van der Waals surface area contributed by atoms with E-state index in [1.165, 1.54) is 0 Å². The molecular weight excluding hydrogens is 354 g/mol. The van der Waals surface area contributed by atoms with E-state index in [4.69, 9.17) is 4.74 Å². The maximum Gasteiger partial charge on any atom is 0.228 e. The SMILES string of the molecule is COCC1CCN(C(=O)[C@@H]2CCC(=O)N(CC(C)C)[C@H]2c2cccnc2)CC1. The Labute approximate surface area is 168 Å². The second-order valence-corrected chi connectivity index (χ2v) is 8.54. The summed E-state index contributed by atoms with van der Waals surface area (Å²) in [6.07, 6.45) is 6.57. The Bertz CT molecular complexity index is 656. The molecule has 2 saturated heterocycles. The summed E-state index contributed by atoms with van der Waals surface area (Å²) in [7, 11) is 1.73. The third-order valence-corrected chi connectivity index (χ3v) is 5.94. The molecule has 2 amide bonds.